The van der Waals surface area contributed by atoms with Crippen LogP contribution in [0.15, 0.2) is 30.6 Å². The van der Waals surface area contributed by atoms with Crippen LogP contribution in [0.3, 0.4) is 0 Å². The molecule has 5 nitrogen and oxygen atoms in total. The number of nitrogens with one attached hydrogen (secondary N) is 1. The molecule has 100 valence electrons. The molecule has 1 aromatic heterocycles. The summed E-state index contributed by atoms with van der Waals surface area (Å²) < 4.78 is 1.58. The molecule has 0 bridgehead atoms. The van der Waals surface area contributed by atoms with Crippen molar-refractivity contribution in [2.75, 3.05) is 5.32 Å². The first kappa shape index (κ1) is 13.9. The SMILES string of the molecule is Cn1cc(C(N)C(=O)Nc2cccc(Cl)c2Cl)cn1. The third kappa shape index (κ3) is 3.07. The number of aromatic nitrogens is 2. The number of hydrogen-bond acceptors (Lipinski definition) is 3. The Bertz CT molecular complexity index is 612. The van der Waals surface area contributed by atoms with Crippen LogP contribution >= 0.6 is 23.2 Å². The Balaban J connectivity index is 2.15. The summed E-state index contributed by atoms with van der Waals surface area (Å²) in [4.78, 5) is 12.0. The van der Waals surface area contributed by atoms with Gasteiger partial charge in [-0.25, -0.2) is 0 Å². The van der Waals surface area contributed by atoms with Crippen molar-refractivity contribution < 1.29 is 4.79 Å². The van der Waals surface area contributed by atoms with Gasteiger partial charge in [0.05, 0.1) is 21.9 Å². The fraction of sp³-hybridized carbons (Fsp3) is 0.167. The van der Waals surface area contributed by atoms with Crippen molar-refractivity contribution in [1.29, 1.82) is 0 Å². The van der Waals surface area contributed by atoms with E-state index < -0.39 is 6.04 Å². The van der Waals surface area contributed by atoms with Crippen LogP contribution < -0.4 is 11.1 Å². The van der Waals surface area contributed by atoms with E-state index >= 15 is 0 Å². The summed E-state index contributed by atoms with van der Waals surface area (Å²) in [7, 11) is 1.75. The molecule has 0 aliphatic carbocycles. The van der Waals surface area contributed by atoms with Gasteiger partial charge in [0.25, 0.3) is 0 Å². The van der Waals surface area contributed by atoms with Gasteiger partial charge in [-0.05, 0) is 12.1 Å². The quantitative estimate of drug-likeness (QED) is 0.913. The van der Waals surface area contributed by atoms with E-state index in [1.165, 1.54) is 0 Å². The summed E-state index contributed by atoms with van der Waals surface area (Å²) in [6, 6.07) is 4.17. The maximum absolute atomic E-state index is 12.0. The molecule has 1 heterocycles. The predicted molar refractivity (Wildman–Crippen MR) is 75.2 cm³/mol. The van der Waals surface area contributed by atoms with Crippen molar-refractivity contribution in [2.45, 2.75) is 6.04 Å². The third-order valence-electron chi connectivity index (χ3n) is 2.58. The minimum absolute atomic E-state index is 0.288. The summed E-state index contributed by atoms with van der Waals surface area (Å²) in [5, 5.41) is 7.27. The van der Waals surface area contributed by atoms with Crippen LogP contribution in [0.5, 0.6) is 0 Å². The number of nitrogens with two attached hydrogens (primary N) is 1. The Hall–Kier alpha value is -1.56. The first-order valence-electron chi connectivity index (χ1n) is 5.48. The van der Waals surface area contributed by atoms with Crippen LogP contribution in [0.25, 0.3) is 0 Å². The second-order valence-corrected chi connectivity index (χ2v) is 4.80. The minimum atomic E-state index is -0.816. The zero-order valence-electron chi connectivity index (χ0n) is 10.1. The van der Waals surface area contributed by atoms with Gasteiger partial charge in [0.2, 0.25) is 5.91 Å². The lowest BCUT2D eigenvalue weighted by Gasteiger charge is -2.12. The zero-order chi connectivity index (χ0) is 14.0. The van der Waals surface area contributed by atoms with Crippen molar-refractivity contribution >= 4 is 34.8 Å². The largest absolute Gasteiger partial charge is 0.323 e. The summed E-state index contributed by atoms with van der Waals surface area (Å²) in [6.07, 6.45) is 3.23. The summed E-state index contributed by atoms with van der Waals surface area (Å²) in [5.74, 6) is -0.378. The lowest BCUT2D eigenvalue weighted by atomic mass is 10.1. The molecule has 0 aliphatic heterocycles. The molecule has 2 rings (SSSR count). The van der Waals surface area contributed by atoms with E-state index in [4.69, 9.17) is 28.9 Å². The standard InChI is InChI=1S/C12H12Cl2N4O/c1-18-6-7(5-16-18)11(15)12(19)17-9-4-2-3-8(13)10(9)14/h2-6,11H,15H2,1H3,(H,17,19). The Labute approximate surface area is 120 Å². The number of aryl methyl sites for hydroxylation is 1. The van der Waals surface area contributed by atoms with E-state index in [-0.39, 0.29) is 10.9 Å². The van der Waals surface area contributed by atoms with Crippen LogP contribution in [0.4, 0.5) is 5.69 Å². The molecule has 0 saturated heterocycles. The third-order valence-corrected chi connectivity index (χ3v) is 3.39. The number of halogens is 2. The molecule has 1 unspecified atom stereocenters. The van der Waals surface area contributed by atoms with Crippen molar-refractivity contribution in [2.24, 2.45) is 12.8 Å². The fourth-order valence-electron chi connectivity index (χ4n) is 1.56. The highest BCUT2D eigenvalue weighted by atomic mass is 35.5. The van der Waals surface area contributed by atoms with Crippen LogP contribution in [0.1, 0.15) is 11.6 Å². The fourth-order valence-corrected chi connectivity index (χ4v) is 1.91. The summed E-state index contributed by atoms with van der Waals surface area (Å²) in [5.41, 5.74) is 6.90. The van der Waals surface area contributed by atoms with Crippen molar-refractivity contribution in [3.8, 4) is 0 Å². The first-order valence-corrected chi connectivity index (χ1v) is 6.23. The highest BCUT2D eigenvalue weighted by Crippen LogP contribution is 2.30. The van der Waals surface area contributed by atoms with Gasteiger partial charge in [0.1, 0.15) is 6.04 Å². The Morgan fingerprint density at radius 3 is 2.84 bits per heavy atom. The van der Waals surface area contributed by atoms with Gasteiger partial charge >= 0.3 is 0 Å². The number of hydrogen-bond donors (Lipinski definition) is 2. The molecule has 1 atom stereocenters. The van der Waals surface area contributed by atoms with Gasteiger partial charge < -0.3 is 11.1 Å². The van der Waals surface area contributed by atoms with Crippen LogP contribution in [-0.2, 0) is 11.8 Å². The van der Waals surface area contributed by atoms with E-state index in [2.05, 4.69) is 10.4 Å². The van der Waals surface area contributed by atoms with Gasteiger partial charge in [0.15, 0.2) is 0 Å². The van der Waals surface area contributed by atoms with Gasteiger partial charge in [-0.15, -0.1) is 0 Å². The molecular weight excluding hydrogens is 287 g/mol. The number of rotatable bonds is 3. The van der Waals surface area contributed by atoms with Gasteiger partial charge in [-0.1, -0.05) is 29.3 Å². The van der Waals surface area contributed by atoms with E-state index in [1.807, 2.05) is 0 Å². The van der Waals surface area contributed by atoms with Crippen LogP contribution in [0, 0.1) is 0 Å². The maximum Gasteiger partial charge on any atom is 0.246 e. The number of amides is 1. The average Bonchev–Trinajstić information content (AvgIpc) is 2.80. The lowest BCUT2D eigenvalue weighted by molar-refractivity contribution is -0.117. The molecular formula is C12H12Cl2N4O. The molecule has 3 N–H and O–H groups in total. The summed E-state index contributed by atoms with van der Waals surface area (Å²) >= 11 is 11.9. The van der Waals surface area contributed by atoms with Crippen LogP contribution in [-0.4, -0.2) is 15.7 Å². The molecule has 0 fully saturated rings. The Morgan fingerprint density at radius 1 is 1.47 bits per heavy atom. The number of carbonyl (C=O) groups excluding carboxylic acids is 1. The highest BCUT2D eigenvalue weighted by Gasteiger charge is 2.18. The molecule has 0 saturated carbocycles. The summed E-state index contributed by atoms with van der Waals surface area (Å²) in [6.45, 7) is 0. The van der Waals surface area contributed by atoms with Crippen molar-refractivity contribution in [3.05, 3.63) is 46.2 Å². The molecule has 0 aliphatic rings. The Kier molecular flexibility index (Phi) is 4.09. The smallest absolute Gasteiger partial charge is 0.246 e. The van der Waals surface area contributed by atoms with E-state index in [9.17, 15) is 4.79 Å². The van der Waals surface area contributed by atoms with E-state index in [0.29, 0.717) is 16.3 Å². The van der Waals surface area contributed by atoms with Gasteiger partial charge in [0, 0.05) is 18.8 Å². The average molecular weight is 299 g/mol. The molecule has 7 heteroatoms. The number of anilines is 1. The highest BCUT2D eigenvalue weighted by molar-refractivity contribution is 6.44. The molecule has 0 radical (unpaired) electrons. The molecule has 19 heavy (non-hydrogen) atoms. The second kappa shape index (κ2) is 5.61. The topological polar surface area (TPSA) is 72.9 Å². The van der Waals surface area contributed by atoms with Crippen molar-refractivity contribution in [1.82, 2.24) is 9.78 Å². The zero-order valence-corrected chi connectivity index (χ0v) is 11.6. The van der Waals surface area contributed by atoms with E-state index in [1.54, 1.807) is 42.3 Å². The monoisotopic (exact) mass is 298 g/mol. The second-order valence-electron chi connectivity index (χ2n) is 4.02. The lowest BCUT2D eigenvalue weighted by Crippen LogP contribution is -2.27. The molecule has 1 aromatic carbocycles. The first-order chi connectivity index (χ1) is 8.99. The van der Waals surface area contributed by atoms with E-state index in [0.717, 1.165) is 0 Å². The van der Waals surface area contributed by atoms with Gasteiger partial charge in [-0.2, -0.15) is 5.10 Å². The molecule has 1 amide bonds. The number of carbonyl (C=O) groups is 1. The van der Waals surface area contributed by atoms with Gasteiger partial charge in [-0.3, -0.25) is 9.48 Å². The maximum atomic E-state index is 12.0. The number of nitrogens with zero attached hydrogens (tertiary/aromatic N) is 2. The van der Waals surface area contributed by atoms with Crippen molar-refractivity contribution in [3.63, 3.8) is 0 Å². The number of benzene rings is 1. The molecule has 0 spiro atoms. The minimum Gasteiger partial charge on any atom is -0.323 e. The van der Waals surface area contributed by atoms with Crippen LogP contribution in [0.2, 0.25) is 10.0 Å². The predicted octanol–water partition coefficient (Wildman–Crippen LogP) is 2.37. The molecule has 2 aromatic rings. The normalized spacial score (nSPS) is 12.2. The Morgan fingerprint density at radius 2 is 2.21 bits per heavy atom.